The van der Waals surface area contributed by atoms with Gasteiger partial charge < -0.3 is 14.4 Å². The van der Waals surface area contributed by atoms with Gasteiger partial charge in [-0.25, -0.2) is 4.98 Å². The number of nitrogens with zero attached hydrogens (tertiary/aromatic N) is 3. The second kappa shape index (κ2) is 6.49. The first-order valence-electron chi connectivity index (χ1n) is 6.44. The van der Waals surface area contributed by atoms with Gasteiger partial charge in [0.05, 0.1) is 13.7 Å². The summed E-state index contributed by atoms with van der Waals surface area (Å²) in [5.74, 6) is -0.303. The lowest BCUT2D eigenvalue weighted by molar-refractivity contribution is -0.141. The number of ether oxygens (including phenoxy) is 1. The lowest BCUT2D eigenvalue weighted by atomic mass is 10.2. The van der Waals surface area contributed by atoms with Gasteiger partial charge in [-0.3, -0.25) is 9.69 Å². The maximum Gasteiger partial charge on any atom is 0.325 e. The number of likely N-dealkylation sites (N-methyl/N-ethyl adjacent to an activating group) is 1. The summed E-state index contributed by atoms with van der Waals surface area (Å²) in [4.78, 5) is 17.8. The molecule has 0 aliphatic carbocycles. The molecule has 20 heavy (non-hydrogen) atoms. The molecule has 0 unspecified atom stereocenters. The SMILES string of the molecule is COC(=O)Cn1cc(CN(C)CCO)c2cccnc21. The Kier molecular flexibility index (Phi) is 4.70. The van der Waals surface area contributed by atoms with Crippen LogP contribution in [-0.4, -0.2) is 52.8 Å². The third-order valence-corrected chi connectivity index (χ3v) is 3.17. The van der Waals surface area contributed by atoms with Crippen LogP contribution in [0.3, 0.4) is 0 Å². The Labute approximate surface area is 117 Å². The van der Waals surface area contributed by atoms with E-state index in [0.29, 0.717) is 13.1 Å². The Morgan fingerprint density at radius 3 is 3.05 bits per heavy atom. The minimum atomic E-state index is -0.303. The van der Waals surface area contributed by atoms with E-state index >= 15 is 0 Å². The van der Waals surface area contributed by atoms with E-state index < -0.39 is 0 Å². The van der Waals surface area contributed by atoms with E-state index in [1.165, 1.54) is 7.11 Å². The second-order valence-electron chi connectivity index (χ2n) is 4.69. The smallest absolute Gasteiger partial charge is 0.325 e. The average Bonchev–Trinajstić information content (AvgIpc) is 2.77. The van der Waals surface area contributed by atoms with E-state index in [1.807, 2.05) is 30.3 Å². The number of hydrogen-bond acceptors (Lipinski definition) is 5. The number of aliphatic hydroxyl groups is 1. The molecule has 0 saturated carbocycles. The van der Waals surface area contributed by atoms with Crippen LogP contribution in [0.5, 0.6) is 0 Å². The molecule has 2 aromatic heterocycles. The fraction of sp³-hybridized carbons (Fsp3) is 0.429. The number of hydrogen-bond donors (Lipinski definition) is 1. The lowest BCUT2D eigenvalue weighted by Gasteiger charge is -2.13. The maximum absolute atomic E-state index is 11.4. The summed E-state index contributed by atoms with van der Waals surface area (Å²) in [6, 6.07) is 3.86. The molecule has 2 aromatic rings. The summed E-state index contributed by atoms with van der Waals surface area (Å²) in [5, 5.41) is 9.98. The van der Waals surface area contributed by atoms with Crippen LogP contribution in [0.2, 0.25) is 0 Å². The van der Waals surface area contributed by atoms with Gasteiger partial charge in [0, 0.05) is 30.9 Å². The van der Waals surface area contributed by atoms with Crippen LogP contribution in [0.15, 0.2) is 24.5 Å². The number of aliphatic hydroxyl groups excluding tert-OH is 1. The molecule has 108 valence electrons. The molecule has 0 aliphatic rings. The van der Waals surface area contributed by atoms with Crippen molar-refractivity contribution < 1.29 is 14.6 Å². The van der Waals surface area contributed by atoms with E-state index in [-0.39, 0.29) is 19.1 Å². The summed E-state index contributed by atoms with van der Waals surface area (Å²) in [7, 11) is 3.31. The van der Waals surface area contributed by atoms with Crippen molar-refractivity contribution in [3.8, 4) is 0 Å². The summed E-state index contributed by atoms with van der Waals surface area (Å²) >= 11 is 0. The standard InChI is InChI=1S/C14H19N3O3/c1-16(6-7-18)8-11-9-17(10-13(19)20-2)14-12(11)4-3-5-15-14/h3-5,9,18H,6-8,10H2,1-2H3. The molecule has 1 N–H and O–H groups in total. The molecule has 2 heterocycles. The van der Waals surface area contributed by atoms with Crippen LogP contribution < -0.4 is 0 Å². The van der Waals surface area contributed by atoms with E-state index in [4.69, 9.17) is 9.84 Å². The van der Waals surface area contributed by atoms with Crippen LogP contribution in [0, 0.1) is 0 Å². The van der Waals surface area contributed by atoms with Crippen LogP contribution in [0.25, 0.3) is 11.0 Å². The van der Waals surface area contributed by atoms with Crippen molar-refractivity contribution in [2.75, 3.05) is 27.3 Å². The van der Waals surface area contributed by atoms with Crippen molar-refractivity contribution in [2.45, 2.75) is 13.1 Å². The highest BCUT2D eigenvalue weighted by atomic mass is 16.5. The van der Waals surface area contributed by atoms with Gasteiger partial charge in [-0.1, -0.05) is 0 Å². The van der Waals surface area contributed by atoms with E-state index in [9.17, 15) is 4.79 Å². The molecular weight excluding hydrogens is 258 g/mol. The summed E-state index contributed by atoms with van der Waals surface area (Å²) in [6.45, 7) is 1.56. The zero-order valence-electron chi connectivity index (χ0n) is 11.7. The van der Waals surface area contributed by atoms with Gasteiger partial charge in [-0.05, 0) is 24.7 Å². The van der Waals surface area contributed by atoms with Gasteiger partial charge in [0.1, 0.15) is 12.2 Å². The van der Waals surface area contributed by atoms with Crippen molar-refractivity contribution in [3.05, 3.63) is 30.1 Å². The highest BCUT2D eigenvalue weighted by Gasteiger charge is 2.13. The number of esters is 1. The maximum atomic E-state index is 11.4. The summed E-state index contributed by atoms with van der Waals surface area (Å²) in [5.41, 5.74) is 1.85. The number of pyridine rings is 1. The van der Waals surface area contributed by atoms with Crippen molar-refractivity contribution in [3.63, 3.8) is 0 Å². The normalized spacial score (nSPS) is 11.2. The lowest BCUT2D eigenvalue weighted by Crippen LogP contribution is -2.21. The van der Waals surface area contributed by atoms with Crippen molar-refractivity contribution in [2.24, 2.45) is 0 Å². The molecular formula is C14H19N3O3. The Hall–Kier alpha value is -1.92. The molecule has 0 amide bonds. The van der Waals surface area contributed by atoms with Gasteiger partial charge in [0.2, 0.25) is 0 Å². The first-order chi connectivity index (χ1) is 9.65. The quantitative estimate of drug-likeness (QED) is 0.785. The second-order valence-corrected chi connectivity index (χ2v) is 4.69. The Bertz CT molecular complexity index is 594. The third kappa shape index (κ3) is 3.15. The molecule has 0 radical (unpaired) electrons. The summed E-state index contributed by atoms with van der Waals surface area (Å²) < 4.78 is 6.50. The Morgan fingerprint density at radius 1 is 1.55 bits per heavy atom. The molecule has 0 aromatic carbocycles. The zero-order chi connectivity index (χ0) is 14.5. The monoisotopic (exact) mass is 277 g/mol. The van der Waals surface area contributed by atoms with Gasteiger partial charge in [0.15, 0.2) is 0 Å². The molecule has 0 atom stereocenters. The molecule has 0 bridgehead atoms. The van der Waals surface area contributed by atoms with Crippen LogP contribution in [-0.2, 0) is 22.6 Å². The number of carbonyl (C=O) groups is 1. The fourth-order valence-corrected chi connectivity index (χ4v) is 2.19. The topological polar surface area (TPSA) is 67.6 Å². The van der Waals surface area contributed by atoms with Crippen molar-refractivity contribution in [1.82, 2.24) is 14.5 Å². The van der Waals surface area contributed by atoms with E-state index in [0.717, 1.165) is 16.6 Å². The number of rotatable bonds is 6. The largest absolute Gasteiger partial charge is 0.468 e. The minimum Gasteiger partial charge on any atom is -0.468 e. The number of aromatic nitrogens is 2. The molecule has 0 fully saturated rings. The summed E-state index contributed by atoms with van der Waals surface area (Å²) in [6.07, 6.45) is 3.62. The van der Waals surface area contributed by atoms with Crippen LogP contribution in [0.4, 0.5) is 0 Å². The van der Waals surface area contributed by atoms with E-state index in [1.54, 1.807) is 10.8 Å². The average molecular weight is 277 g/mol. The number of methoxy groups -OCH3 is 1. The van der Waals surface area contributed by atoms with Gasteiger partial charge >= 0.3 is 5.97 Å². The molecule has 6 heteroatoms. The number of carbonyl (C=O) groups excluding carboxylic acids is 1. The number of fused-ring (bicyclic) bond motifs is 1. The van der Waals surface area contributed by atoms with Crippen molar-refractivity contribution >= 4 is 17.0 Å². The molecule has 0 saturated heterocycles. The minimum absolute atomic E-state index is 0.121. The zero-order valence-corrected chi connectivity index (χ0v) is 11.7. The Balaban J connectivity index is 2.32. The molecule has 0 spiro atoms. The predicted octanol–water partition coefficient (Wildman–Crippen LogP) is 0.633. The molecule has 2 rings (SSSR count). The van der Waals surface area contributed by atoms with Gasteiger partial charge in [-0.2, -0.15) is 0 Å². The van der Waals surface area contributed by atoms with Crippen LogP contribution >= 0.6 is 0 Å². The third-order valence-electron chi connectivity index (χ3n) is 3.17. The molecule has 0 aliphatic heterocycles. The first kappa shape index (κ1) is 14.5. The van der Waals surface area contributed by atoms with E-state index in [2.05, 4.69) is 4.98 Å². The Morgan fingerprint density at radius 2 is 2.35 bits per heavy atom. The highest BCUT2D eigenvalue weighted by Crippen LogP contribution is 2.20. The molecule has 6 nitrogen and oxygen atoms in total. The predicted molar refractivity (Wildman–Crippen MR) is 75.2 cm³/mol. The van der Waals surface area contributed by atoms with Gasteiger partial charge in [0.25, 0.3) is 0 Å². The highest BCUT2D eigenvalue weighted by molar-refractivity contribution is 5.82. The van der Waals surface area contributed by atoms with Crippen molar-refractivity contribution in [1.29, 1.82) is 0 Å². The van der Waals surface area contributed by atoms with Crippen LogP contribution in [0.1, 0.15) is 5.56 Å². The first-order valence-corrected chi connectivity index (χ1v) is 6.44. The van der Waals surface area contributed by atoms with Gasteiger partial charge in [-0.15, -0.1) is 0 Å². The fourth-order valence-electron chi connectivity index (χ4n) is 2.19.